The lowest BCUT2D eigenvalue weighted by molar-refractivity contribution is -0.136. The van der Waals surface area contributed by atoms with Gasteiger partial charge in [-0.1, -0.05) is 43.1 Å². The summed E-state index contributed by atoms with van der Waals surface area (Å²) in [5.41, 5.74) is 0.696. The predicted octanol–water partition coefficient (Wildman–Crippen LogP) is 4.93. The molecular weight excluding hydrogens is 489 g/mol. The highest BCUT2D eigenvalue weighted by Crippen LogP contribution is 2.33. The van der Waals surface area contributed by atoms with Crippen LogP contribution in [-0.2, 0) is 26.2 Å². The Kier molecular flexibility index (Phi) is 8.50. The summed E-state index contributed by atoms with van der Waals surface area (Å²) in [5, 5.41) is 0.329. The molecule has 33 heavy (non-hydrogen) atoms. The molecule has 7 nitrogen and oxygen atoms in total. The van der Waals surface area contributed by atoms with Gasteiger partial charge in [-0.3, -0.25) is 4.79 Å². The van der Waals surface area contributed by atoms with Crippen LogP contribution in [0.5, 0.6) is 11.5 Å². The van der Waals surface area contributed by atoms with Crippen molar-refractivity contribution in [2.24, 2.45) is 5.92 Å². The zero-order valence-electron chi connectivity index (χ0n) is 18.7. The summed E-state index contributed by atoms with van der Waals surface area (Å²) in [7, 11) is -2.79. The molecule has 0 radical (unpaired) electrons. The molecule has 1 fully saturated rings. The zero-order chi connectivity index (χ0) is 24.2. The van der Waals surface area contributed by atoms with Gasteiger partial charge in [-0.25, -0.2) is 0 Å². The second-order valence-electron chi connectivity index (χ2n) is 8.11. The number of halogens is 2. The van der Waals surface area contributed by atoms with Crippen molar-refractivity contribution in [3.8, 4) is 11.5 Å². The molecule has 0 saturated carbocycles. The van der Waals surface area contributed by atoms with E-state index in [-0.39, 0.29) is 50.9 Å². The summed E-state index contributed by atoms with van der Waals surface area (Å²) in [5.74, 6) is 0.0565. The fourth-order valence-corrected chi connectivity index (χ4v) is 4.86. The van der Waals surface area contributed by atoms with E-state index in [1.807, 2.05) is 13.8 Å². The van der Waals surface area contributed by atoms with E-state index >= 15 is 0 Å². The van der Waals surface area contributed by atoms with Crippen LogP contribution in [0.3, 0.4) is 0 Å². The van der Waals surface area contributed by atoms with E-state index in [1.54, 1.807) is 23.1 Å². The number of methoxy groups -OCH3 is 1. The summed E-state index contributed by atoms with van der Waals surface area (Å²) in [6.45, 7) is 5.14. The van der Waals surface area contributed by atoms with Gasteiger partial charge in [0.2, 0.25) is 5.91 Å². The Hall–Kier alpha value is -2.00. The van der Waals surface area contributed by atoms with Gasteiger partial charge in [-0.2, -0.15) is 8.42 Å². The van der Waals surface area contributed by atoms with Crippen LogP contribution in [0.15, 0.2) is 41.3 Å². The first-order chi connectivity index (χ1) is 15.6. The van der Waals surface area contributed by atoms with Gasteiger partial charge in [0.25, 0.3) is 0 Å². The second-order valence-corrected chi connectivity index (χ2v) is 10.5. The topological polar surface area (TPSA) is 82.1 Å². The molecule has 0 N–H and O–H groups in total. The van der Waals surface area contributed by atoms with Crippen molar-refractivity contribution in [3.63, 3.8) is 0 Å². The van der Waals surface area contributed by atoms with Gasteiger partial charge in [-0.15, -0.1) is 0 Å². The molecule has 1 atom stereocenters. The molecule has 3 rings (SSSR count). The Morgan fingerprint density at radius 1 is 1.15 bits per heavy atom. The average Bonchev–Trinajstić information content (AvgIpc) is 3.27. The SMILES string of the molecule is COc1ccc(CN(C[C@@H]2CCCO2)C(=O)C(C)C)cc1OS(=O)(=O)c1ccc(Cl)c(Cl)c1. The Balaban J connectivity index is 1.86. The first-order valence-electron chi connectivity index (χ1n) is 10.6. The summed E-state index contributed by atoms with van der Waals surface area (Å²) >= 11 is 11.9. The third kappa shape index (κ3) is 6.53. The van der Waals surface area contributed by atoms with Crippen molar-refractivity contribution < 1.29 is 26.9 Å². The fraction of sp³-hybridized carbons (Fsp3) is 0.435. The van der Waals surface area contributed by atoms with Crippen molar-refractivity contribution in [3.05, 3.63) is 52.0 Å². The maximum atomic E-state index is 12.8. The minimum atomic E-state index is -4.20. The Morgan fingerprint density at radius 3 is 2.52 bits per heavy atom. The number of ether oxygens (including phenoxy) is 2. The highest BCUT2D eigenvalue weighted by Gasteiger charge is 2.25. The van der Waals surface area contributed by atoms with Crippen molar-refractivity contribution in [1.82, 2.24) is 4.90 Å². The van der Waals surface area contributed by atoms with Gasteiger partial charge in [0.05, 0.1) is 23.3 Å². The fourth-order valence-electron chi connectivity index (χ4n) is 3.54. The lowest BCUT2D eigenvalue weighted by atomic mass is 10.1. The first kappa shape index (κ1) is 25.6. The average molecular weight is 516 g/mol. The molecule has 1 amide bonds. The quantitative estimate of drug-likeness (QED) is 0.440. The lowest BCUT2D eigenvalue weighted by Crippen LogP contribution is -2.39. The van der Waals surface area contributed by atoms with Crippen LogP contribution in [0.2, 0.25) is 10.0 Å². The highest BCUT2D eigenvalue weighted by molar-refractivity contribution is 7.87. The highest BCUT2D eigenvalue weighted by atomic mass is 35.5. The number of benzene rings is 2. The third-order valence-corrected chi connectivity index (χ3v) is 7.20. The van der Waals surface area contributed by atoms with Crippen LogP contribution in [-0.4, -0.2) is 45.6 Å². The van der Waals surface area contributed by atoms with Gasteiger partial charge in [0.15, 0.2) is 11.5 Å². The van der Waals surface area contributed by atoms with E-state index in [4.69, 9.17) is 36.9 Å². The molecule has 0 bridgehead atoms. The standard InChI is InChI=1S/C23H27Cl2NO6S/c1-15(2)23(27)26(14-17-5-4-10-31-17)13-16-6-9-21(30-3)22(11-16)32-33(28,29)18-7-8-19(24)20(25)12-18/h6-9,11-12,15,17H,4-5,10,13-14H2,1-3H3/t17-/m0/s1. The van der Waals surface area contributed by atoms with E-state index in [2.05, 4.69) is 0 Å². The van der Waals surface area contributed by atoms with Crippen molar-refractivity contribution in [2.45, 2.75) is 44.2 Å². The van der Waals surface area contributed by atoms with Gasteiger partial charge in [-0.05, 0) is 48.7 Å². The number of hydrogen-bond acceptors (Lipinski definition) is 6. The molecule has 10 heteroatoms. The van der Waals surface area contributed by atoms with Crippen LogP contribution >= 0.6 is 23.2 Å². The number of carbonyl (C=O) groups is 1. The molecule has 0 aromatic heterocycles. The van der Waals surface area contributed by atoms with E-state index in [1.165, 1.54) is 25.3 Å². The van der Waals surface area contributed by atoms with Crippen LogP contribution in [0.1, 0.15) is 32.3 Å². The number of hydrogen-bond donors (Lipinski definition) is 0. The monoisotopic (exact) mass is 515 g/mol. The maximum Gasteiger partial charge on any atom is 0.339 e. The lowest BCUT2D eigenvalue weighted by Gasteiger charge is -2.27. The van der Waals surface area contributed by atoms with E-state index in [9.17, 15) is 13.2 Å². The molecule has 1 heterocycles. The molecule has 2 aromatic rings. The molecule has 1 saturated heterocycles. The smallest absolute Gasteiger partial charge is 0.339 e. The molecule has 1 aliphatic rings. The zero-order valence-corrected chi connectivity index (χ0v) is 21.0. The summed E-state index contributed by atoms with van der Waals surface area (Å²) in [6, 6.07) is 8.86. The van der Waals surface area contributed by atoms with Crippen molar-refractivity contribution >= 4 is 39.2 Å². The number of amides is 1. The van der Waals surface area contributed by atoms with Gasteiger partial charge >= 0.3 is 10.1 Å². The Morgan fingerprint density at radius 2 is 1.91 bits per heavy atom. The van der Waals surface area contributed by atoms with E-state index < -0.39 is 10.1 Å². The molecule has 1 aliphatic heterocycles. The summed E-state index contributed by atoms with van der Waals surface area (Å²) < 4.78 is 42.0. The van der Waals surface area contributed by atoms with Gasteiger partial charge in [0.1, 0.15) is 4.90 Å². The van der Waals surface area contributed by atoms with Crippen LogP contribution in [0.25, 0.3) is 0 Å². The summed E-state index contributed by atoms with van der Waals surface area (Å²) in [6.07, 6.45) is 1.87. The van der Waals surface area contributed by atoms with E-state index in [0.29, 0.717) is 18.7 Å². The van der Waals surface area contributed by atoms with E-state index in [0.717, 1.165) is 12.8 Å². The minimum Gasteiger partial charge on any atom is -0.493 e. The molecule has 0 spiro atoms. The van der Waals surface area contributed by atoms with Crippen LogP contribution in [0.4, 0.5) is 0 Å². The molecule has 0 unspecified atom stereocenters. The molecular formula is C23H27Cl2NO6S. The largest absolute Gasteiger partial charge is 0.493 e. The van der Waals surface area contributed by atoms with Crippen molar-refractivity contribution in [2.75, 3.05) is 20.3 Å². The van der Waals surface area contributed by atoms with Crippen LogP contribution in [0, 0.1) is 5.92 Å². The minimum absolute atomic E-state index is 0.00306. The number of nitrogens with zero attached hydrogens (tertiary/aromatic N) is 1. The summed E-state index contributed by atoms with van der Waals surface area (Å²) in [4.78, 5) is 14.4. The van der Waals surface area contributed by atoms with Crippen molar-refractivity contribution in [1.29, 1.82) is 0 Å². The third-order valence-electron chi connectivity index (χ3n) is 5.23. The Labute approximate surface area is 204 Å². The maximum absolute atomic E-state index is 12.8. The number of rotatable bonds is 9. The Bertz CT molecular complexity index is 1100. The van der Waals surface area contributed by atoms with Gasteiger partial charge < -0.3 is 18.6 Å². The predicted molar refractivity (Wildman–Crippen MR) is 126 cm³/mol. The normalized spacial score (nSPS) is 16.1. The molecule has 180 valence electrons. The van der Waals surface area contributed by atoms with Crippen LogP contribution < -0.4 is 8.92 Å². The number of carbonyl (C=O) groups excluding carboxylic acids is 1. The first-order valence-corrected chi connectivity index (χ1v) is 12.7. The molecule has 2 aromatic carbocycles. The van der Waals surface area contributed by atoms with Gasteiger partial charge in [0, 0.05) is 25.6 Å². The molecule has 0 aliphatic carbocycles. The second kappa shape index (κ2) is 11.0.